The maximum absolute atomic E-state index is 5.11. The van der Waals surface area contributed by atoms with Crippen molar-refractivity contribution in [1.82, 2.24) is 9.88 Å². The quantitative estimate of drug-likeness (QED) is 0.847. The molecule has 2 nitrogen and oxygen atoms in total. The summed E-state index contributed by atoms with van der Waals surface area (Å²) >= 11 is 5.11. The molecule has 1 aromatic carbocycles. The van der Waals surface area contributed by atoms with Gasteiger partial charge in [0.1, 0.15) is 4.64 Å². The predicted molar refractivity (Wildman–Crippen MR) is 80.5 cm³/mol. The minimum atomic E-state index is 0.520. The van der Waals surface area contributed by atoms with E-state index in [1.807, 2.05) is 6.07 Å². The molecule has 19 heavy (non-hydrogen) atoms. The largest absolute Gasteiger partial charge is 0.353 e. The van der Waals surface area contributed by atoms with Crippen LogP contribution in [0.25, 0.3) is 0 Å². The molecule has 1 saturated heterocycles. The average molecular weight is 270 g/mol. The van der Waals surface area contributed by atoms with Crippen LogP contribution in [0.5, 0.6) is 0 Å². The molecule has 0 bridgehead atoms. The van der Waals surface area contributed by atoms with Gasteiger partial charge in [0.15, 0.2) is 0 Å². The lowest BCUT2D eigenvalue weighted by Gasteiger charge is -2.24. The first kappa shape index (κ1) is 12.6. The maximum Gasteiger partial charge on any atom is 0.103 e. The minimum absolute atomic E-state index is 0.520. The highest BCUT2D eigenvalue weighted by Crippen LogP contribution is 2.32. The number of rotatable bonds is 3. The van der Waals surface area contributed by atoms with Crippen molar-refractivity contribution in [2.75, 3.05) is 6.54 Å². The van der Waals surface area contributed by atoms with Crippen LogP contribution in [0.1, 0.15) is 30.0 Å². The lowest BCUT2D eigenvalue weighted by atomic mass is 10.1. The molecule has 1 aromatic heterocycles. The fourth-order valence-electron chi connectivity index (χ4n) is 2.84. The maximum atomic E-state index is 5.11. The molecule has 0 aliphatic carbocycles. The van der Waals surface area contributed by atoms with Crippen molar-refractivity contribution >= 4 is 12.2 Å². The van der Waals surface area contributed by atoms with Crippen LogP contribution in [0.3, 0.4) is 0 Å². The third-order valence-electron chi connectivity index (χ3n) is 3.79. The van der Waals surface area contributed by atoms with Crippen molar-refractivity contribution in [1.29, 1.82) is 0 Å². The fourth-order valence-corrected chi connectivity index (χ4v) is 2.97. The zero-order valence-corrected chi connectivity index (χ0v) is 11.7. The average Bonchev–Trinajstić information content (AvgIpc) is 2.89. The van der Waals surface area contributed by atoms with E-state index in [1.54, 1.807) is 0 Å². The Hall–Kier alpha value is -1.45. The van der Waals surface area contributed by atoms with Crippen LogP contribution in [-0.2, 0) is 6.54 Å². The van der Waals surface area contributed by atoms with Crippen LogP contribution in [0, 0.1) is 4.64 Å². The van der Waals surface area contributed by atoms with E-state index in [1.165, 1.54) is 30.5 Å². The molecule has 2 heterocycles. The van der Waals surface area contributed by atoms with E-state index < -0.39 is 0 Å². The summed E-state index contributed by atoms with van der Waals surface area (Å²) in [5.74, 6) is 0. The molecule has 1 N–H and O–H groups in total. The SMILES string of the molecule is S=c1ccc([C@H]2CCCN2Cc2ccccc2)c[nH]1. The van der Waals surface area contributed by atoms with E-state index in [4.69, 9.17) is 12.2 Å². The first-order valence-electron chi connectivity index (χ1n) is 6.79. The van der Waals surface area contributed by atoms with Gasteiger partial charge in [-0.05, 0) is 36.6 Å². The van der Waals surface area contributed by atoms with Crippen molar-refractivity contribution < 1.29 is 0 Å². The van der Waals surface area contributed by atoms with E-state index in [0.717, 1.165) is 11.2 Å². The Balaban J connectivity index is 1.78. The Kier molecular flexibility index (Phi) is 3.76. The fraction of sp³-hybridized carbons (Fsp3) is 0.312. The van der Waals surface area contributed by atoms with Crippen LogP contribution in [0.4, 0.5) is 0 Å². The highest BCUT2D eigenvalue weighted by molar-refractivity contribution is 7.71. The van der Waals surface area contributed by atoms with Crippen LogP contribution >= 0.6 is 12.2 Å². The van der Waals surface area contributed by atoms with Crippen LogP contribution < -0.4 is 0 Å². The van der Waals surface area contributed by atoms with Crippen LogP contribution in [-0.4, -0.2) is 16.4 Å². The van der Waals surface area contributed by atoms with Gasteiger partial charge in [-0.2, -0.15) is 0 Å². The van der Waals surface area contributed by atoms with E-state index in [-0.39, 0.29) is 0 Å². The van der Waals surface area contributed by atoms with Gasteiger partial charge in [-0.25, -0.2) is 0 Å². The number of nitrogens with zero attached hydrogens (tertiary/aromatic N) is 1. The number of likely N-dealkylation sites (tertiary alicyclic amines) is 1. The Morgan fingerprint density at radius 3 is 2.74 bits per heavy atom. The zero-order valence-electron chi connectivity index (χ0n) is 10.9. The third-order valence-corrected chi connectivity index (χ3v) is 4.04. The van der Waals surface area contributed by atoms with Gasteiger partial charge in [0, 0.05) is 18.8 Å². The summed E-state index contributed by atoms with van der Waals surface area (Å²) in [5, 5.41) is 0. The standard InChI is InChI=1S/C16H18N2S/c19-16-9-8-14(11-17-16)15-7-4-10-18(15)12-13-5-2-1-3-6-13/h1-3,5-6,8-9,11,15H,4,7,10,12H2,(H,17,19)/t15-/m1/s1. The topological polar surface area (TPSA) is 19.0 Å². The Bertz CT molecular complexity index is 571. The van der Waals surface area contributed by atoms with Gasteiger partial charge in [0.05, 0.1) is 0 Å². The van der Waals surface area contributed by atoms with Crippen molar-refractivity contribution in [3.05, 3.63) is 64.4 Å². The highest BCUT2D eigenvalue weighted by atomic mass is 32.1. The number of H-pyrrole nitrogens is 1. The summed E-state index contributed by atoms with van der Waals surface area (Å²) in [6, 6.07) is 15.4. The van der Waals surface area contributed by atoms with Crippen molar-refractivity contribution in [2.45, 2.75) is 25.4 Å². The lowest BCUT2D eigenvalue weighted by Crippen LogP contribution is -2.22. The molecule has 2 aromatic rings. The second kappa shape index (κ2) is 5.68. The molecule has 98 valence electrons. The molecule has 1 atom stereocenters. The second-order valence-corrected chi connectivity index (χ2v) is 5.54. The molecular weight excluding hydrogens is 252 g/mol. The molecule has 3 heteroatoms. The summed E-state index contributed by atoms with van der Waals surface area (Å²) in [6.07, 6.45) is 4.57. The zero-order chi connectivity index (χ0) is 13.1. The summed E-state index contributed by atoms with van der Waals surface area (Å²) in [7, 11) is 0. The molecule has 1 aliphatic heterocycles. The van der Waals surface area contributed by atoms with Gasteiger partial charge in [-0.1, -0.05) is 48.6 Å². The van der Waals surface area contributed by atoms with Gasteiger partial charge in [-0.15, -0.1) is 0 Å². The Morgan fingerprint density at radius 1 is 1.16 bits per heavy atom. The molecule has 0 spiro atoms. The van der Waals surface area contributed by atoms with Crippen molar-refractivity contribution in [3.8, 4) is 0 Å². The lowest BCUT2D eigenvalue weighted by molar-refractivity contribution is 0.248. The molecule has 3 rings (SSSR count). The first-order valence-corrected chi connectivity index (χ1v) is 7.20. The minimum Gasteiger partial charge on any atom is -0.353 e. The number of aromatic nitrogens is 1. The molecule has 0 unspecified atom stereocenters. The highest BCUT2D eigenvalue weighted by Gasteiger charge is 2.25. The number of pyridine rings is 1. The monoisotopic (exact) mass is 270 g/mol. The van der Waals surface area contributed by atoms with Crippen molar-refractivity contribution in [3.63, 3.8) is 0 Å². The predicted octanol–water partition coefficient (Wildman–Crippen LogP) is 4.08. The number of hydrogen-bond acceptors (Lipinski definition) is 2. The molecule has 0 radical (unpaired) electrons. The summed E-state index contributed by atoms with van der Waals surface area (Å²) in [4.78, 5) is 5.71. The molecule has 0 amide bonds. The van der Waals surface area contributed by atoms with E-state index >= 15 is 0 Å². The molecule has 1 fully saturated rings. The van der Waals surface area contributed by atoms with Crippen molar-refractivity contribution in [2.24, 2.45) is 0 Å². The van der Waals surface area contributed by atoms with E-state index in [2.05, 4.69) is 52.5 Å². The van der Waals surface area contributed by atoms with Gasteiger partial charge in [-0.3, -0.25) is 4.90 Å². The third kappa shape index (κ3) is 2.94. The van der Waals surface area contributed by atoms with Crippen LogP contribution in [0.15, 0.2) is 48.7 Å². The van der Waals surface area contributed by atoms with Gasteiger partial charge in [0.25, 0.3) is 0 Å². The molecular formula is C16H18N2S. The first-order chi connectivity index (χ1) is 9.33. The van der Waals surface area contributed by atoms with Crippen LogP contribution in [0.2, 0.25) is 0 Å². The number of aromatic amines is 1. The number of benzene rings is 1. The number of hydrogen-bond donors (Lipinski definition) is 1. The number of nitrogens with one attached hydrogen (secondary N) is 1. The normalized spacial score (nSPS) is 19.7. The van der Waals surface area contributed by atoms with Gasteiger partial charge < -0.3 is 4.98 Å². The second-order valence-electron chi connectivity index (χ2n) is 5.10. The molecule has 0 saturated carbocycles. The molecule has 1 aliphatic rings. The van der Waals surface area contributed by atoms with Gasteiger partial charge in [0.2, 0.25) is 0 Å². The smallest absolute Gasteiger partial charge is 0.103 e. The Labute approximate surface area is 119 Å². The van der Waals surface area contributed by atoms with Gasteiger partial charge >= 0.3 is 0 Å². The Morgan fingerprint density at radius 2 is 2.00 bits per heavy atom. The summed E-state index contributed by atoms with van der Waals surface area (Å²) in [5.41, 5.74) is 2.74. The van der Waals surface area contributed by atoms with E-state index in [0.29, 0.717) is 6.04 Å². The van der Waals surface area contributed by atoms with E-state index in [9.17, 15) is 0 Å². The summed E-state index contributed by atoms with van der Waals surface area (Å²) < 4.78 is 0.802. The summed E-state index contributed by atoms with van der Waals surface area (Å²) in [6.45, 7) is 2.20.